The Labute approximate surface area is 97.7 Å². The SMILES string of the molecule is CNC(CCO)CN1CC(OC)C(OC)C1. The molecule has 1 saturated heterocycles. The maximum absolute atomic E-state index is 8.93. The van der Waals surface area contributed by atoms with E-state index in [1.165, 1.54) is 0 Å². The molecule has 1 fully saturated rings. The Kier molecular flexibility index (Phi) is 6.23. The van der Waals surface area contributed by atoms with E-state index in [2.05, 4.69) is 10.2 Å². The summed E-state index contributed by atoms with van der Waals surface area (Å²) in [5.74, 6) is 0. The Hall–Kier alpha value is -0.200. The van der Waals surface area contributed by atoms with Crippen LogP contribution < -0.4 is 5.32 Å². The molecule has 3 unspecified atom stereocenters. The highest BCUT2D eigenvalue weighted by Gasteiger charge is 2.33. The van der Waals surface area contributed by atoms with Crippen molar-refractivity contribution in [2.75, 3.05) is 47.5 Å². The van der Waals surface area contributed by atoms with Gasteiger partial charge in [-0.1, -0.05) is 0 Å². The van der Waals surface area contributed by atoms with Crippen LogP contribution in [-0.4, -0.2) is 75.8 Å². The Morgan fingerprint density at radius 3 is 2.25 bits per heavy atom. The van der Waals surface area contributed by atoms with Crippen molar-refractivity contribution in [2.24, 2.45) is 0 Å². The summed E-state index contributed by atoms with van der Waals surface area (Å²) >= 11 is 0. The van der Waals surface area contributed by atoms with Crippen molar-refractivity contribution >= 4 is 0 Å². The van der Waals surface area contributed by atoms with Crippen molar-refractivity contribution in [1.82, 2.24) is 10.2 Å². The maximum atomic E-state index is 8.93. The highest BCUT2D eigenvalue weighted by Crippen LogP contribution is 2.16. The highest BCUT2D eigenvalue weighted by atomic mass is 16.5. The molecule has 0 bridgehead atoms. The average Bonchev–Trinajstić information content (AvgIpc) is 2.70. The molecule has 2 N–H and O–H groups in total. The number of rotatable bonds is 7. The van der Waals surface area contributed by atoms with E-state index in [1.54, 1.807) is 14.2 Å². The monoisotopic (exact) mass is 232 g/mol. The molecule has 5 nitrogen and oxygen atoms in total. The normalized spacial score (nSPS) is 28.5. The van der Waals surface area contributed by atoms with Gasteiger partial charge < -0.3 is 19.9 Å². The fourth-order valence-electron chi connectivity index (χ4n) is 2.21. The van der Waals surface area contributed by atoms with Crippen LogP contribution >= 0.6 is 0 Å². The van der Waals surface area contributed by atoms with Crippen LogP contribution in [0, 0.1) is 0 Å². The van der Waals surface area contributed by atoms with Crippen LogP contribution in [-0.2, 0) is 9.47 Å². The number of hydrogen-bond donors (Lipinski definition) is 2. The van der Waals surface area contributed by atoms with Gasteiger partial charge in [0.1, 0.15) is 0 Å². The van der Waals surface area contributed by atoms with Crippen molar-refractivity contribution in [3.8, 4) is 0 Å². The second-order valence-electron chi connectivity index (χ2n) is 4.26. The predicted molar refractivity (Wildman–Crippen MR) is 62.6 cm³/mol. The van der Waals surface area contributed by atoms with Crippen molar-refractivity contribution in [3.63, 3.8) is 0 Å². The summed E-state index contributed by atoms with van der Waals surface area (Å²) in [6.45, 7) is 2.95. The van der Waals surface area contributed by atoms with Gasteiger partial charge in [0.25, 0.3) is 0 Å². The second-order valence-corrected chi connectivity index (χ2v) is 4.26. The topological polar surface area (TPSA) is 54.0 Å². The molecule has 0 spiro atoms. The van der Waals surface area contributed by atoms with Crippen LogP contribution in [0.1, 0.15) is 6.42 Å². The summed E-state index contributed by atoms with van der Waals surface area (Å²) in [6, 6.07) is 0.332. The number of nitrogens with zero attached hydrogens (tertiary/aromatic N) is 1. The molecule has 96 valence electrons. The number of nitrogens with one attached hydrogen (secondary N) is 1. The van der Waals surface area contributed by atoms with E-state index < -0.39 is 0 Å². The summed E-state index contributed by atoms with van der Waals surface area (Å²) in [4.78, 5) is 2.32. The van der Waals surface area contributed by atoms with Gasteiger partial charge in [-0.05, 0) is 13.5 Å². The smallest absolute Gasteiger partial charge is 0.0971 e. The van der Waals surface area contributed by atoms with E-state index >= 15 is 0 Å². The van der Waals surface area contributed by atoms with Crippen LogP contribution in [0.2, 0.25) is 0 Å². The van der Waals surface area contributed by atoms with Gasteiger partial charge in [-0.15, -0.1) is 0 Å². The Morgan fingerprint density at radius 2 is 1.88 bits per heavy atom. The summed E-state index contributed by atoms with van der Waals surface area (Å²) in [5, 5.41) is 12.1. The number of aliphatic hydroxyl groups excluding tert-OH is 1. The third-order valence-corrected chi connectivity index (χ3v) is 3.26. The molecule has 0 aromatic heterocycles. The molecule has 0 amide bonds. The minimum atomic E-state index is 0.164. The van der Waals surface area contributed by atoms with Gasteiger partial charge in [-0.25, -0.2) is 0 Å². The molecule has 0 aliphatic carbocycles. The van der Waals surface area contributed by atoms with Gasteiger partial charge in [-0.3, -0.25) is 4.90 Å². The van der Waals surface area contributed by atoms with Gasteiger partial charge in [0.2, 0.25) is 0 Å². The summed E-state index contributed by atoms with van der Waals surface area (Å²) in [6.07, 6.45) is 1.11. The third-order valence-electron chi connectivity index (χ3n) is 3.26. The predicted octanol–water partition coefficient (Wildman–Crippen LogP) is -0.698. The van der Waals surface area contributed by atoms with Crippen molar-refractivity contribution < 1.29 is 14.6 Å². The van der Waals surface area contributed by atoms with Crippen LogP contribution in [0.3, 0.4) is 0 Å². The molecule has 1 heterocycles. The second kappa shape index (κ2) is 7.19. The summed E-state index contributed by atoms with van der Waals surface area (Å²) < 4.78 is 10.8. The zero-order valence-corrected chi connectivity index (χ0v) is 10.5. The number of aliphatic hydroxyl groups is 1. The Morgan fingerprint density at radius 1 is 1.31 bits per heavy atom. The van der Waals surface area contributed by atoms with Crippen molar-refractivity contribution in [1.29, 1.82) is 0 Å². The van der Waals surface area contributed by atoms with E-state index in [-0.39, 0.29) is 18.8 Å². The molecular formula is C11H24N2O3. The number of methoxy groups -OCH3 is 2. The lowest BCUT2D eigenvalue weighted by atomic mass is 10.2. The van der Waals surface area contributed by atoms with E-state index in [0.29, 0.717) is 6.04 Å². The molecule has 16 heavy (non-hydrogen) atoms. The van der Waals surface area contributed by atoms with Gasteiger partial charge >= 0.3 is 0 Å². The van der Waals surface area contributed by atoms with E-state index in [0.717, 1.165) is 26.1 Å². The Bertz CT molecular complexity index is 180. The van der Waals surface area contributed by atoms with Crippen LogP contribution in [0.5, 0.6) is 0 Å². The zero-order valence-electron chi connectivity index (χ0n) is 10.5. The first-order valence-electron chi connectivity index (χ1n) is 5.81. The van der Waals surface area contributed by atoms with Crippen LogP contribution in [0.15, 0.2) is 0 Å². The summed E-state index contributed by atoms with van der Waals surface area (Å²) in [7, 11) is 5.38. The lowest BCUT2D eigenvalue weighted by Gasteiger charge is -2.22. The standard InChI is InChI=1S/C11H24N2O3/c1-12-9(4-5-14)6-13-7-10(15-2)11(8-13)16-3/h9-12,14H,4-8H2,1-3H3. The van der Waals surface area contributed by atoms with Gasteiger partial charge in [0.15, 0.2) is 0 Å². The Balaban J connectivity index is 2.38. The molecule has 1 rings (SSSR count). The molecule has 0 aromatic carbocycles. The van der Waals surface area contributed by atoms with Crippen molar-refractivity contribution in [2.45, 2.75) is 24.7 Å². The minimum Gasteiger partial charge on any atom is -0.396 e. The fraction of sp³-hybridized carbons (Fsp3) is 1.00. The molecule has 5 heteroatoms. The number of likely N-dealkylation sites (N-methyl/N-ethyl adjacent to an activating group) is 1. The fourth-order valence-corrected chi connectivity index (χ4v) is 2.21. The molecule has 1 aliphatic heterocycles. The molecule has 0 radical (unpaired) electrons. The first kappa shape index (κ1) is 13.9. The molecular weight excluding hydrogens is 208 g/mol. The van der Waals surface area contributed by atoms with Gasteiger partial charge in [0, 0.05) is 46.5 Å². The van der Waals surface area contributed by atoms with Gasteiger partial charge in [0.05, 0.1) is 12.2 Å². The van der Waals surface area contributed by atoms with Crippen LogP contribution in [0.4, 0.5) is 0 Å². The number of hydrogen-bond acceptors (Lipinski definition) is 5. The number of ether oxygens (including phenoxy) is 2. The highest BCUT2D eigenvalue weighted by molar-refractivity contribution is 4.87. The van der Waals surface area contributed by atoms with Crippen molar-refractivity contribution in [3.05, 3.63) is 0 Å². The largest absolute Gasteiger partial charge is 0.396 e. The molecule has 0 aromatic rings. The zero-order chi connectivity index (χ0) is 12.0. The van der Waals surface area contributed by atoms with E-state index in [4.69, 9.17) is 14.6 Å². The third kappa shape index (κ3) is 3.68. The van der Waals surface area contributed by atoms with E-state index in [1.807, 2.05) is 7.05 Å². The first-order valence-corrected chi connectivity index (χ1v) is 5.81. The molecule has 0 saturated carbocycles. The van der Waals surface area contributed by atoms with E-state index in [9.17, 15) is 0 Å². The van der Waals surface area contributed by atoms with Gasteiger partial charge in [-0.2, -0.15) is 0 Å². The first-order chi connectivity index (χ1) is 7.74. The summed E-state index contributed by atoms with van der Waals surface area (Å²) in [5.41, 5.74) is 0. The molecule has 1 aliphatic rings. The number of likely N-dealkylation sites (tertiary alicyclic amines) is 1. The minimum absolute atomic E-state index is 0.164. The molecule has 3 atom stereocenters. The lowest BCUT2D eigenvalue weighted by Crippen LogP contribution is -2.39. The maximum Gasteiger partial charge on any atom is 0.0971 e. The lowest BCUT2D eigenvalue weighted by molar-refractivity contribution is -0.00461. The average molecular weight is 232 g/mol. The van der Waals surface area contributed by atoms with Crippen LogP contribution in [0.25, 0.3) is 0 Å². The quantitative estimate of drug-likeness (QED) is 0.608.